The molecule has 2 aromatic heterocycles. The minimum absolute atomic E-state index is 0.0216. The van der Waals surface area contributed by atoms with Gasteiger partial charge in [-0.25, -0.2) is 0 Å². The molecule has 0 aliphatic carbocycles. The van der Waals surface area contributed by atoms with Gasteiger partial charge in [0, 0.05) is 12.4 Å². The Kier molecular flexibility index (Phi) is 4.54. The molecule has 100 valence electrons. The largest absolute Gasteiger partial charge is 0.271 e. The highest BCUT2D eigenvalue weighted by Crippen LogP contribution is 2.20. The number of nitrogens with two attached hydrogens (primary N) is 1. The number of hydrazine groups is 1. The minimum Gasteiger partial charge on any atom is -0.271 e. The lowest BCUT2D eigenvalue weighted by Gasteiger charge is -2.18. The zero-order chi connectivity index (χ0) is 13.7. The van der Waals surface area contributed by atoms with E-state index in [4.69, 9.17) is 5.84 Å². The molecule has 0 bridgehead atoms. The van der Waals surface area contributed by atoms with Crippen LogP contribution in [-0.2, 0) is 12.8 Å². The molecule has 0 radical (unpaired) electrons. The highest BCUT2D eigenvalue weighted by Gasteiger charge is 2.16. The standard InChI is InChI=1S/C14H19N5/c1-3-13-12(7-10(2)18-19-13)14(17-15)8-11-5-4-6-16-9-11/h4-7,9,14,17H,3,8,15H2,1-2H3. The summed E-state index contributed by atoms with van der Waals surface area (Å²) in [6.45, 7) is 4.01. The van der Waals surface area contributed by atoms with Crippen molar-refractivity contribution in [2.24, 2.45) is 5.84 Å². The van der Waals surface area contributed by atoms with Crippen LogP contribution >= 0.6 is 0 Å². The van der Waals surface area contributed by atoms with Gasteiger partial charge in [0.1, 0.15) is 0 Å². The lowest BCUT2D eigenvalue weighted by molar-refractivity contribution is 0.541. The van der Waals surface area contributed by atoms with Crippen molar-refractivity contribution in [3.05, 3.63) is 53.1 Å². The van der Waals surface area contributed by atoms with Crippen molar-refractivity contribution in [3.8, 4) is 0 Å². The number of aromatic nitrogens is 3. The van der Waals surface area contributed by atoms with Crippen molar-refractivity contribution in [1.82, 2.24) is 20.6 Å². The zero-order valence-corrected chi connectivity index (χ0v) is 11.3. The van der Waals surface area contributed by atoms with E-state index in [1.54, 1.807) is 6.20 Å². The number of rotatable bonds is 5. The van der Waals surface area contributed by atoms with E-state index in [-0.39, 0.29) is 6.04 Å². The van der Waals surface area contributed by atoms with Crippen molar-refractivity contribution in [3.63, 3.8) is 0 Å². The van der Waals surface area contributed by atoms with Crippen LogP contribution in [-0.4, -0.2) is 15.2 Å². The number of nitrogens with zero attached hydrogens (tertiary/aromatic N) is 3. The van der Waals surface area contributed by atoms with Crippen molar-refractivity contribution in [1.29, 1.82) is 0 Å². The highest BCUT2D eigenvalue weighted by atomic mass is 15.2. The van der Waals surface area contributed by atoms with Crippen LogP contribution in [0.2, 0.25) is 0 Å². The van der Waals surface area contributed by atoms with Crippen LogP contribution in [0.4, 0.5) is 0 Å². The number of aryl methyl sites for hydroxylation is 2. The molecule has 0 saturated carbocycles. The Bertz CT molecular complexity index is 527. The third-order valence-electron chi connectivity index (χ3n) is 3.10. The van der Waals surface area contributed by atoms with Gasteiger partial charge in [0.15, 0.2) is 0 Å². The summed E-state index contributed by atoms with van der Waals surface area (Å²) in [6.07, 6.45) is 5.25. The summed E-state index contributed by atoms with van der Waals surface area (Å²) < 4.78 is 0. The first-order valence-corrected chi connectivity index (χ1v) is 6.42. The quantitative estimate of drug-likeness (QED) is 0.627. The highest BCUT2D eigenvalue weighted by molar-refractivity contribution is 5.27. The van der Waals surface area contributed by atoms with Gasteiger partial charge in [-0.2, -0.15) is 10.2 Å². The van der Waals surface area contributed by atoms with Gasteiger partial charge in [0.2, 0.25) is 0 Å². The Hall–Kier alpha value is -1.85. The first-order valence-electron chi connectivity index (χ1n) is 6.42. The van der Waals surface area contributed by atoms with Crippen molar-refractivity contribution in [2.75, 3.05) is 0 Å². The molecule has 2 rings (SSSR count). The Morgan fingerprint density at radius 3 is 2.84 bits per heavy atom. The number of nitrogens with one attached hydrogen (secondary N) is 1. The van der Waals surface area contributed by atoms with E-state index in [2.05, 4.69) is 27.5 Å². The fraction of sp³-hybridized carbons (Fsp3) is 0.357. The van der Waals surface area contributed by atoms with Gasteiger partial charge in [-0.05, 0) is 43.0 Å². The molecule has 0 saturated heterocycles. The van der Waals surface area contributed by atoms with Crippen molar-refractivity contribution >= 4 is 0 Å². The first-order chi connectivity index (χ1) is 9.24. The van der Waals surface area contributed by atoms with E-state index in [1.807, 2.05) is 31.3 Å². The molecule has 2 aromatic rings. The predicted octanol–water partition coefficient (Wildman–Crippen LogP) is 1.49. The molecule has 0 aliphatic heterocycles. The maximum Gasteiger partial charge on any atom is 0.0676 e. The summed E-state index contributed by atoms with van der Waals surface area (Å²) in [6, 6.07) is 6.05. The smallest absolute Gasteiger partial charge is 0.0676 e. The molecular formula is C14H19N5. The predicted molar refractivity (Wildman–Crippen MR) is 74.2 cm³/mol. The van der Waals surface area contributed by atoms with Gasteiger partial charge in [0.25, 0.3) is 0 Å². The maximum atomic E-state index is 5.71. The molecule has 0 aliphatic rings. The molecule has 19 heavy (non-hydrogen) atoms. The summed E-state index contributed by atoms with van der Waals surface area (Å²) in [5, 5.41) is 8.35. The second-order valence-corrected chi connectivity index (χ2v) is 4.53. The molecule has 2 heterocycles. The average molecular weight is 257 g/mol. The topological polar surface area (TPSA) is 76.7 Å². The molecule has 0 fully saturated rings. The van der Waals surface area contributed by atoms with Gasteiger partial charge >= 0.3 is 0 Å². The summed E-state index contributed by atoms with van der Waals surface area (Å²) in [5.41, 5.74) is 7.01. The van der Waals surface area contributed by atoms with Gasteiger partial charge in [-0.15, -0.1) is 0 Å². The van der Waals surface area contributed by atoms with Gasteiger partial charge in [0.05, 0.1) is 17.4 Å². The summed E-state index contributed by atoms with van der Waals surface area (Å²) >= 11 is 0. The first kappa shape index (κ1) is 13.6. The zero-order valence-electron chi connectivity index (χ0n) is 11.3. The lowest BCUT2D eigenvalue weighted by Crippen LogP contribution is -2.30. The van der Waals surface area contributed by atoms with E-state index >= 15 is 0 Å². The van der Waals surface area contributed by atoms with E-state index in [9.17, 15) is 0 Å². The molecule has 3 N–H and O–H groups in total. The average Bonchev–Trinajstić information content (AvgIpc) is 2.46. The van der Waals surface area contributed by atoms with Crippen LogP contribution in [0.1, 0.15) is 35.5 Å². The Labute approximate surface area is 113 Å². The van der Waals surface area contributed by atoms with Crippen LogP contribution in [0.25, 0.3) is 0 Å². The molecule has 5 heteroatoms. The second kappa shape index (κ2) is 6.36. The Balaban J connectivity index is 2.29. The SMILES string of the molecule is CCc1nnc(C)cc1C(Cc1cccnc1)NN. The number of pyridine rings is 1. The van der Waals surface area contributed by atoms with E-state index in [1.165, 1.54) is 0 Å². The molecular weight excluding hydrogens is 238 g/mol. The van der Waals surface area contributed by atoms with Crippen molar-refractivity contribution < 1.29 is 0 Å². The van der Waals surface area contributed by atoms with E-state index in [0.29, 0.717) is 0 Å². The third-order valence-corrected chi connectivity index (χ3v) is 3.10. The molecule has 1 atom stereocenters. The Morgan fingerprint density at radius 2 is 2.21 bits per heavy atom. The van der Waals surface area contributed by atoms with E-state index < -0.39 is 0 Å². The van der Waals surface area contributed by atoms with Crippen molar-refractivity contribution in [2.45, 2.75) is 32.7 Å². The van der Waals surface area contributed by atoms with Crippen LogP contribution in [0.5, 0.6) is 0 Å². The van der Waals surface area contributed by atoms with Crippen LogP contribution < -0.4 is 11.3 Å². The summed E-state index contributed by atoms with van der Waals surface area (Å²) in [4.78, 5) is 4.13. The monoisotopic (exact) mass is 257 g/mol. The fourth-order valence-electron chi connectivity index (χ4n) is 2.12. The Morgan fingerprint density at radius 1 is 1.37 bits per heavy atom. The number of hydrogen-bond donors (Lipinski definition) is 2. The summed E-state index contributed by atoms with van der Waals surface area (Å²) in [7, 11) is 0. The maximum absolute atomic E-state index is 5.71. The van der Waals surface area contributed by atoms with Crippen LogP contribution in [0.3, 0.4) is 0 Å². The molecule has 1 unspecified atom stereocenters. The second-order valence-electron chi connectivity index (χ2n) is 4.53. The van der Waals surface area contributed by atoms with Gasteiger partial charge < -0.3 is 0 Å². The molecule has 0 spiro atoms. The molecule has 0 aromatic carbocycles. The van der Waals surface area contributed by atoms with Gasteiger partial charge in [-0.1, -0.05) is 13.0 Å². The third kappa shape index (κ3) is 3.33. The van der Waals surface area contributed by atoms with Gasteiger partial charge in [-0.3, -0.25) is 16.3 Å². The lowest BCUT2D eigenvalue weighted by atomic mass is 9.98. The minimum atomic E-state index is 0.0216. The fourth-order valence-corrected chi connectivity index (χ4v) is 2.12. The van der Waals surface area contributed by atoms with Crippen LogP contribution in [0, 0.1) is 6.92 Å². The molecule has 5 nitrogen and oxygen atoms in total. The van der Waals surface area contributed by atoms with Crippen LogP contribution in [0.15, 0.2) is 30.6 Å². The normalized spacial score (nSPS) is 12.4. The number of hydrogen-bond acceptors (Lipinski definition) is 5. The van der Waals surface area contributed by atoms with E-state index in [0.717, 1.165) is 35.4 Å². The molecule has 0 amide bonds. The summed E-state index contributed by atoms with van der Waals surface area (Å²) in [5.74, 6) is 5.71.